The van der Waals surface area contributed by atoms with E-state index in [0.29, 0.717) is 0 Å². The molecule has 1 aromatic heterocycles. The van der Waals surface area contributed by atoms with Crippen molar-refractivity contribution in [1.29, 1.82) is 0 Å². The first kappa shape index (κ1) is 14.6. The smallest absolute Gasteiger partial charge is 0.0627 e. The van der Waals surface area contributed by atoms with Gasteiger partial charge in [0.05, 0.1) is 11.9 Å². The fraction of sp³-hybridized carbons (Fsp3) is 0.389. The van der Waals surface area contributed by atoms with E-state index in [1.165, 1.54) is 16.9 Å². The third kappa shape index (κ3) is 3.01. The molecule has 0 fully saturated rings. The Labute approximate surface area is 122 Å². The van der Waals surface area contributed by atoms with E-state index in [0.717, 1.165) is 12.2 Å². The van der Waals surface area contributed by atoms with E-state index in [1.54, 1.807) is 0 Å². The molecule has 2 nitrogen and oxygen atoms in total. The Morgan fingerprint density at radius 2 is 1.75 bits per heavy atom. The summed E-state index contributed by atoms with van der Waals surface area (Å²) in [5, 5.41) is 0. The van der Waals surface area contributed by atoms with E-state index in [9.17, 15) is 0 Å². The van der Waals surface area contributed by atoms with Crippen molar-refractivity contribution >= 4 is 11.4 Å². The molecule has 2 heteroatoms. The average Bonchev–Trinajstić information content (AvgIpc) is 2.41. The lowest BCUT2D eigenvalue weighted by Crippen LogP contribution is -2.19. The van der Waals surface area contributed by atoms with Gasteiger partial charge >= 0.3 is 0 Å². The second-order valence-electron chi connectivity index (χ2n) is 6.19. The van der Waals surface area contributed by atoms with E-state index >= 15 is 0 Å². The van der Waals surface area contributed by atoms with Gasteiger partial charge in [-0.25, -0.2) is 0 Å². The van der Waals surface area contributed by atoms with Crippen molar-refractivity contribution < 1.29 is 0 Å². The molecule has 1 heterocycles. The second kappa shape index (κ2) is 5.66. The van der Waals surface area contributed by atoms with Crippen LogP contribution in [0.4, 0.5) is 11.4 Å². The van der Waals surface area contributed by atoms with E-state index in [2.05, 4.69) is 74.8 Å². The molecule has 0 spiro atoms. The van der Waals surface area contributed by atoms with Crippen LogP contribution in [0.25, 0.3) is 0 Å². The molecule has 0 saturated carbocycles. The van der Waals surface area contributed by atoms with Crippen LogP contribution in [0.3, 0.4) is 0 Å². The van der Waals surface area contributed by atoms with Gasteiger partial charge in [-0.3, -0.25) is 4.98 Å². The minimum absolute atomic E-state index is 0.0904. The molecule has 0 aliphatic carbocycles. The van der Waals surface area contributed by atoms with Crippen LogP contribution in [-0.2, 0) is 5.41 Å². The SMILES string of the molecule is CCN(c1ccccc1)c1cnc(C(C)(C)C)cc1C. The summed E-state index contributed by atoms with van der Waals surface area (Å²) in [6, 6.07) is 12.7. The standard InChI is InChI=1S/C18H24N2/c1-6-20(15-10-8-7-9-11-15)16-13-19-17(12-14(16)2)18(3,4)5/h7-13H,6H2,1-5H3. The van der Waals surface area contributed by atoms with E-state index in [1.807, 2.05) is 12.3 Å². The molecule has 0 saturated heterocycles. The molecule has 0 radical (unpaired) electrons. The average molecular weight is 268 g/mol. The minimum atomic E-state index is 0.0904. The van der Waals surface area contributed by atoms with Crippen LogP contribution in [0.1, 0.15) is 39.0 Å². The first-order valence-electron chi connectivity index (χ1n) is 7.23. The summed E-state index contributed by atoms with van der Waals surface area (Å²) in [6.45, 7) is 11.9. The van der Waals surface area contributed by atoms with Gasteiger partial charge in [0.15, 0.2) is 0 Å². The molecule has 106 valence electrons. The van der Waals surface area contributed by atoms with Crippen LogP contribution in [0, 0.1) is 6.92 Å². The third-order valence-electron chi connectivity index (χ3n) is 3.53. The molecular weight excluding hydrogens is 244 g/mol. The number of hydrogen-bond acceptors (Lipinski definition) is 2. The molecule has 0 atom stereocenters. The molecule has 0 N–H and O–H groups in total. The molecule has 20 heavy (non-hydrogen) atoms. The number of aromatic nitrogens is 1. The minimum Gasteiger partial charge on any atom is -0.340 e. The van der Waals surface area contributed by atoms with E-state index < -0.39 is 0 Å². The van der Waals surface area contributed by atoms with Gasteiger partial charge in [0.2, 0.25) is 0 Å². The van der Waals surface area contributed by atoms with Gasteiger partial charge in [-0.2, -0.15) is 0 Å². The van der Waals surface area contributed by atoms with Gasteiger partial charge in [0, 0.05) is 23.3 Å². The largest absolute Gasteiger partial charge is 0.340 e. The monoisotopic (exact) mass is 268 g/mol. The Morgan fingerprint density at radius 3 is 2.25 bits per heavy atom. The lowest BCUT2D eigenvalue weighted by atomic mass is 9.90. The molecule has 2 aromatic rings. The van der Waals surface area contributed by atoms with Crippen molar-refractivity contribution in [2.24, 2.45) is 0 Å². The zero-order valence-electron chi connectivity index (χ0n) is 13.1. The predicted octanol–water partition coefficient (Wildman–Crippen LogP) is 4.85. The predicted molar refractivity (Wildman–Crippen MR) is 86.8 cm³/mol. The Kier molecular flexibility index (Phi) is 4.12. The van der Waals surface area contributed by atoms with Gasteiger partial charge < -0.3 is 4.90 Å². The molecule has 0 bridgehead atoms. The fourth-order valence-electron chi connectivity index (χ4n) is 2.34. The van der Waals surface area contributed by atoms with E-state index in [4.69, 9.17) is 0 Å². The fourth-order valence-corrected chi connectivity index (χ4v) is 2.34. The Balaban J connectivity index is 2.42. The summed E-state index contributed by atoms with van der Waals surface area (Å²) < 4.78 is 0. The van der Waals surface area contributed by atoms with Crippen LogP contribution in [0.15, 0.2) is 42.6 Å². The lowest BCUT2D eigenvalue weighted by molar-refractivity contribution is 0.568. The number of benzene rings is 1. The van der Waals surface area contributed by atoms with Crippen molar-refractivity contribution in [3.05, 3.63) is 53.9 Å². The summed E-state index contributed by atoms with van der Waals surface area (Å²) in [5.41, 5.74) is 4.90. The first-order chi connectivity index (χ1) is 9.43. The summed E-state index contributed by atoms with van der Waals surface area (Å²) in [4.78, 5) is 6.96. The van der Waals surface area contributed by atoms with Crippen molar-refractivity contribution in [2.45, 2.75) is 40.0 Å². The number of para-hydroxylation sites is 1. The van der Waals surface area contributed by atoms with E-state index in [-0.39, 0.29) is 5.41 Å². The van der Waals surface area contributed by atoms with Gasteiger partial charge in [0.1, 0.15) is 0 Å². The Hall–Kier alpha value is -1.83. The zero-order valence-corrected chi connectivity index (χ0v) is 13.1. The number of hydrogen-bond donors (Lipinski definition) is 0. The molecule has 0 aliphatic heterocycles. The number of aryl methyl sites for hydroxylation is 1. The molecular formula is C18H24N2. The first-order valence-corrected chi connectivity index (χ1v) is 7.23. The van der Waals surface area contributed by atoms with Crippen molar-refractivity contribution in [2.75, 3.05) is 11.4 Å². The molecule has 1 aromatic carbocycles. The molecule has 0 aliphatic rings. The number of nitrogens with zero attached hydrogens (tertiary/aromatic N) is 2. The highest BCUT2D eigenvalue weighted by molar-refractivity contribution is 5.65. The lowest BCUT2D eigenvalue weighted by Gasteiger charge is -2.26. The van der Waals surface area contributed by atoms with Crippen LogP contribution >= 0.6 is 0 Å². The second-order valence-corrected chi connectivity index (χ2v) is 6.19. The van der Waals surface area contributed by atoms with Gasteiger partial charge in [-0.05, 0) is 37.6 Å². The normalized spacial score (nSPS) is 11.4. The quantitative estimate of drug-likeness (QED) is 0.791. The maximum absolute atomic E-state index is 4.66. The summed E-state index contributed by atoms with van der Waals surface area (Å²) >= 11 is 0. The zero-order chi connectivity index (χ0) is 14.8. The number of pyridine rings is 1. The third-order valence-corrected chi connectivity index (χ3v) is 3.53. The van der Waals surface area contributed by atoms with Crippen molar-refractivity contribution in [1.82, 2.24) is 4.98 Å². The highest BCUT2D eigenvalue weighted by Gasteiger charge is 2.18. The number of rotatable bonds is 3. The molecule has 2 rings (SSSR count). The maximum atomic E-state index is 4.66. The summed E-state index contributed by atoms with van der Waals surface area (Å²) in [7, 11) is 0. The van der Waals surface area contributed by atoms with Crippen molar-refractivity contribution in [3.8, 4) is 0 Å². The summed E-state index contributed by atoms with van der Waals surface area (Å²) in [6.07, 6.45) is 2.01. The molecule has 0 unspecified atom stereocenters. The van der Waals surface area contributed by atoms with Crippen LogP contribution < -0.4 is 4.90 Å². The van der Waals surface area contributed by atoms with Crippen molar-refractivity contribution in [3.63, 3.8) is 0 Å². The topological polar surface area (TPSA) is 16.1 Å². The van der Waals surface area contributed by atoms with Gasteiger partial charge in [-0.1, -0.05) is 39.0 Å². The summed E-state index contributed by atoms with van der Waals surface area (Å²) in [5.74, 6) is 0. The van der Waals surface area contributed by atoms with Crippen LogP contribution in [0.5, 0.6) is 0 Å². The van der Waals surface area contributed by atoms with Gasteiger partial charge in [-0.15, -0.1) is 0 Å². The highest BCUT2D eigenvalue weighted by atomic mass is 15.1. The Bertz CT molecular complexity index is 568. The Morgan fingerprint density at radius 1 is 1.10 bits per heavy atom. The maximum Gasteiger partial charge on any atom is 0.0627 e. The van der Waals surface area contributed by atoms with Crippen LogP contribution in [-0.4, -0.2) is 11.5 Å². The van der Waals surface area contributed by atoms with Crippen LogP contribution in [0.2, 0.25) is 0 Å². The molecule has 0 amide bonds. The number of anilines is 2. The highest BCUT2D eigenvalue weighted by Crippen LogP contribution is 2.30. The van der Waals surface area contributed by atoms with Gasteiger partial charge in [0.25, 0.3) is 0 Å².